The van der Waals surface area contributed by atoms with Crippen molar-refractivity contribution < 1.29 is 18.0 Å². The highest BCUT2D eigenvalue weighted by molar-refractivity contribution is 5.74. The third-order valence-corrected chi connectivity index (χ3v) is 3.12. The second-order valence-electron chi connectivity index (χ2n) is 4.45. The molecule has 0 radical (unpaired) electrons. The Hall–Kier alpha value is -0.940. The molecule has 1 saturated carbocycles. The minimum absolute atomic E-state index is 0.259. The van der Waals surface area contributed by atoms with E-state index in [0.29, 0.717) is 13.1 Å². The molecule has 1 spiro atoms. The Morgan fingerprint density at radius 1 is 1.33 bits per heavy atom. The zero-order valence-corrected chi connectivity index (χ0v) is 8.23. The first-order valence-electron chi connectivity index (χ1n) is 5.00. The molecule has 0 atom stereocenters. The molecule has 1 aliphatic carbocycles. The molecule has 0 aromatic rings. The number of hydrogen-bond donors (Lipinski definition) is 1. The lowest BCUT2D eigenvalue weighted by molar-refractivity contribution is -0.123. The first-order chi connectivity index (χ1) is 6.90. The van der Waals surface area contributed by atoms with E-state index < -0.39 is 18.8 Å². The molecular formula is C9H13F3N2O. The molecule has 2 fully saturated rings. The van der Waals surface area contributed by atoms with Crippen molar-refractivity contribution in [2.24, 2.45) is 5.41 Å². The number of rotatable bonds is 1. The summed E-state index contributed by atoms with van der Waals surface area (Å²) >= 11 is 0. The molecular weight excluding hydrogens is 209 g/mol. The van der Waals surface area contributed by atoms with Gasteiger partial charge in [0, 0.05) is 13.1 Å². The van der Waals surface area contributed by atoms with Crippen molar-refractivity contribution >= 4 is 6.03 Å². The fourth-order valence-corrected chi connectivity index (χ4v) is 1.98. The third kappa shape index (κ3) is 2.54. The van der Waals surface area contributed by atoms with Crippen LogP contribution in [-0.2, 0) is 0 Å². The Morgan fingerprint density at radius 3 is 2.47 bits per heavy atom. The first-order valence-corrected chi connectivity index (χ1v) is 5.00. The topological polar surface area (TPSA) is 32.3 Å². The van der Waals surface area contributed by atoms with Crippen LogP contribution in [0.2, 0.25) is 0 Å². The van der Waals surface area contributed by atoms with Gasteiger partial charge in [0.05, 0.1) is 0 Å². The maximum atomic E-state index is 11.8. The monoisotopic (exact) mass is 222 g/mol. The van der Waals surface area contributed by atoms with Gasteiger partial charge in [0.15, 0.2) is 0 Å². The molecule has 1 aliphatic heterocycles. The Balaban J connectivity index is 1.77. The number of hydrogen-bond acceptors (Lipinski definition) is 1. The maximum Gasteiger partial charge on any atom is 0.405 e. The lowest BCUT2D eigenvalue weighted by Crippen LogP contribution is -2.42. The quantitative estimate of drug-likeness (QED) is 0.720. The third-order valence-electron chi connectivity index (χ3n) is 3.12. The largest absolute Gasteiger partial charge is 0.405 e. The second kappa shape index (κ2) is 3.28. The van der Waals surface area contributed by atoms with E-state index in [4.69, 9.17) is 0 Å². The normalized spacial score (nSPS) is 23.3. The van der Waals surface area contributed by atoms with Crippen molar-refractivity contribution in [2.75, 3.05) is 19.6 Å². The van der Waals surface area contributed by atoms with Gasteiger partial charge in [0.2, 0.25) is 0 Å². The molecule has 1 N–H and O–H groups in total. The van der Waals surface area contributed by atoms with E-state index in [-0.39, 0.29) is 5.41 Å². The van der Waals surface area contributed by atoms with Crippen molar-refractivity contribution in [2.45, 2.75) is 25.4 Å². The van der Waals surface area contributed by atoms with Crippen molar-refractivity contribution in [3.05, 3.63) is 0 Å². The van der Waals surface area contributed by atoms with Gasteiger partial charge in [-0.1, -0.05) is 0 Å². The number of amides is 2. The van der Waals surface area contributed by atoms with Crippen molar-refractivity contribution in [3.8, 4) is 0 Å². The van der Waals surface area contributed by atoms with Gasteiger partial charge in [-0.05, 0) is 24.7 Å². The zero-order valence-electron chi connectivity index (χ0n) is 8.23. The van der Waals surface area contributed by atoms with Crippen LogP contribution in [0.3, 0.4) is 0 Å². The summed E-state index contributed by atoms with van der Waals surface area (Å²) in [5, 5.41) is 1.89. The van der Waals surface area contributed by atoms with Crippen molar-refractivity contribution in [1.29, 1.82) is 0 Å². The molecule has 2 aliphatic rings. The van der Waals surface area contributed by atoms with Gasteiger partial charge in [-0.25, -0.2) is 4.79 Å². The van der Waals surface area contributed by atoms with Crippen LogP contribution in [0.4, 0.5) is 18.0 Å². The minimum atomic E-state index is -4.33. The van der Waals surface area contributed by atoms with Gasteiger partial charge in [0.1, 0.15) is 6.54 Å². The van der Waals surface area contributed by atoms with Gasteiger partial charge in [-0.3, -0.25) is 0 Å². The maximum absolute atomic E-state index is 11.8. The number of halogens is 3. The Morgan fingerprint density at radius 2 is 2.00 bits per heavy atom. The Labute approximate surface area is 85.6 Å². The van der Waals surface area contributed by atoms with E-state index in [2.05, 4.69) is 0 Å². The first kappa shape index (κ1) is 10.6. The summed E-state index contributed by atoms with van der Waals surface area (Å²) in [5.41, 5.74) is 0.259. The molecule has 2 amide bonds. The minimum Gasteiger partial charge on any atom is -0.329 e. The number of nitrogens with one attached hydrogen (secondary N) is 1. The fraction of sp³-hybridized carbons (Fsp3) is 0.889. The van der Waals surface area contributed by atoms with Crippen LogP contribution in [0.5, 0.6) is 0 Å². The van der Waals surface area contributed by atoms with Gasteiger partial charge < -0.3 is 10.2 Å². The van der Waals surface area contributed by atoms with Crippen LogP contribution in [-0.4, -0.2) is 36.7 Å². The number of carbonyl (C=O) groups is 1. The molecule has 6 heteroatoms. The highest BCUT2D eigenvalue weighted by Gasteiger charge is 2.48. The molecule has 0 bridgehead atoms. The highest BCUT2D eigenvalue weighted by atomic mass is 19.4. The SMILES string of the molecule is O=C(NCC(F)(F)F)N1CCC2(CC2)C1. The van der Waals surface area contributed by atoms with Crippen LogP contribution in [0.15, 0.2) is 0 Å². The fourth-order valence-electron chi connectivity index (χ4n) is 1.98. The van der Waals surface area contributed by atoms with E-state index in [0.717, 1.165) is 19.3 Å². The van der Waals surface area contributed by atoms with E-state index >= 15 is 0 Å². The van der Waals surface area contributed by atoms with Crippen LogP contribution < -0.4 is 5.32 Å². The van der Waals surface area contributed by atoms with Gasteiger partial charge in [-0.2, -0.15) is 13.2 Å². The molecule has 1 saturated heterocycles. The predicted octanol–water partition coefficient (Wildman–Crippen LogP) is 1.74. The smallest absolute Gasteiger partial charge is 0.329 e. The van der Waals surface area contributed by atoms with E-state index in [9.17, 15) is 18.0 Å². The second-order valence-corrected chi connectivity index (χ2v) is 4.45. The van der Waals surface area contributed by atoms with Gasteiger partial charge in [0.25, 0.3) is 0 Å². The average Bonchev–Trinajstić information content (AvgIpc) is 2.72. The summed E-state index contributed by atoms with van der Waals surface area (Å²) in [6.07, 6.45) is -1.18. The van der Waals surface area contributed by atoms with Crippen molar-refractivity contribution in [1.82, 2.24) is 10.2 Å². The average molecular weight is 222 g/mol. The summed E-state index contributed by atoms with van der Waals surface area (Å²) in [7, 11) is 0. The van der Waals surface area contributed by atoms with Crippen molar-refractivity contribution in [3.63, 3.8) is 0 Å². The molecule has 0 aromatic carbocycles. The number of likely N-dealkylation sites (tertiary alicyclic amines) is 1. The molecule has 0 aromatic heterocycles. The molecule has 15 heavy (non-hydrogen) atoms. The predicted molar refractivity (Wildman–Crippen MR) is 47.3 cm³/mol. The number of alkyl halides is 3. The van der Waals surface area contributed by atoms with E-state index in [1.54, 1.807) is 0 Å². The summed E-state index contributed by atoms with van der Waals surface area (Å²) < 4.78 is 35.5. The molecule has 3 nitrogen and oxygen atoms in total. The van der Waals surface area contributed by atoms with Crippen LogP contribution in [0.1, 0.15) is 19.3 Å². The molecule has 2 rings (SSSR count). The number of nitrogens with zero attached hydrogens (tertiary/aromatic N) is 1. The summed E-state index contributed by atoms with van der Waals surface area (Å²) in [6, 6.07) is -0.587. The highest BCUT2D eigenvalue weighted by Crippen LogP contribution is 2.52. The zero-order chi connectivity index (χ0) is 11.1. The number of carbonyl (C=O) groups excluding carboxylic acids is 1. The standard InChI is InChI=1S/C9H13F3N2O/c10-9(11,12)5-13-7(15)14-4-3-8(6-14)1-2-8/h1-6H2,(H,13,15). The Kier molecular flexibility index (Phi) is 2.31. The molecule has 1 heterocycles. The molecule has 86 valence electrons. The van der Waals surface area contributed by atoms with E-state index in [1.807, 2.05) is 5.32 Å². The lowest BCUT2D eigenvalue weighted by atomic mass is 10.1. The van der Waals surface area contributed by atoms with Crippen LogP contribution >= 0.6 is 0 Å². The van der Waals surface area contributed by atoms with Gasteiger partial charge >= 0.3 is 12.2 Å². The van der Waals surface area contributed by atoms with E-state index in [1.165, 1.54) is 4.90 Å². The Bertz CT molecular complexity index is 273. The summed E-state index contributed by atoms with van der Waals surface area (Å²) in [4.78, 5) is 12.8. The van der Waals surface area contributed by atoms with Crippen LogP contribution in [0, 0.1) is 5.41 Å². The summed E-state index contributed by atoms with van der Waals surface area (Å²) in [6.45, 7) is -0.0320. The lowest BCUT2D eigenvalue weighted by Gasteiger charge is -2.17. The van der Waals surface area contributed by atoms with Gasteiger partial charge in [-0.15, -0.1) is 0 Å². The van der Waals surface area contributed by atoms with Crippen LogP contribution in [0.25, 0.3) is 0 Å². The molecule has 0 unspecified atom stereocenters. The summed E-state index contributed by atoms with van der Waals surface area (Å²) in [5.74, 6) is 0. The number of urea groups is 1.